The number of sulfone groups is 1. The summed E-state index contributed by atoms with van der Waals surface area (Å²) in [6.45, 7) is 1.58. The number of hydrogen-bond donors (Lipinski definition) is 2. The zero-order valence-corrected chi connectivity index (χ0v) is 18.2. The van der Waals surface area contributed by atoms with Gasteiger partial charge in [0.1, 0.15) is 5.82 Å². The first-order chi connectivity index (χ1) is 14.2. The Morgan fingerprint density at radius 1 is 0.967 bits per heavy atom. The number of nitrogen functional groups attached to an aromatic ring is 1. The number of fused-ring (bicyclic) bond motifs is 1. The van der Waals surface area contributed by atoms with Crippen molar-refractivity contribution in [2.24, 2.45) is 5.73 Å². The minimum atomic E-state index is -4.03. The van der Waals surface area contributed by atoms with Crippen LogP contribution in [0.15, 0.2) is 64.5 Å². The third kappa shape index (κ3) is 4.31. The van der Waals surface area contributed by atoms with Crippen molar-refractivity contribution in [2.45, 2.75) is 16.7 Å². The van der Waals surface area contributed by atoms with Crippen molar-refractivity contribution in [3.8, 4) is 0 Å². The number of aryl methyl sites for hydroxylation is 1. The fraction of sp³-hybridized carbons (Fsp3) is 0.250. The number of hydrogen-bond acceptors (Lipinski definition) is 7. The fourth-order valence-electron chi connectivity index (χ4n) is 3.27. The molecule has 1 heterocycles. The lowest BCUT2D eigenvalue weighted by molar-refractivity contribution is 0.435. The average Bonchev–Trinajstić information content (AvgIpc) is 2.74. The predicted molar refractivity (Wildman–Crippen MR) is 117 cm³/mol. The van der Waals surface area contributed by atoms with Crippen molar-refractivity contribution >= 4 is 36.5 Å². The lowest BCUT2D eigenvalue weighted by atomic mass is 10.1. The van der Waals surface area contributed by atoms with Crippen molar-refractivity contribution in [2.75, 3.05) is 31.1 Å². The van der Waals surface area contributed by atoms with Gasteiger partial charge in [0.25, 0.3) is 0 Å². The summed E-state index contributed by atoms with van der Waals surface area (Å²) < 4.78 is 53.3. The normalized spacial score (nSPS) is 12.5. The van der Waals surface area contributed by atoms with Crippen molar-refractivity contribution in [3.63, 3.8) is 0 Å². The van der Waals surface area contributed by atoms with Gasteiger partial charge in [0.15, 0.2) is 9.84 Å². The minimum absolute atomic E-state index is 0.0113. The maximum absolute atomic E-state index is 13.5. The van der Waals surface area contributed by atoms with E-state index < -0.39 is 19.9 Å². The van der Waals surface area contributed by atoms with E-state index >= 15 is 0 Å². The van der Waals surface area contributed by atoms with E-state index in [0.29, 0.717) is 16.3 Å². The standard InChI is InChI=1S/C20H24N4O4S2/c1-15-14-23-20(22)17-8-5-9-18(19(15)17)30(27,28)24(11-10-21)12-13-29(25,26)16-6-3-2-4-7-16/h2-9,14H,10-13,21H2,1H3,(H2,22,23). The van der Waals surface area contributed by atoms with Gasteiger partial charge in [-0.25, -0.2) is 21.8 Å². The first-order valence-corrected chi connectivity index (χ1v) is 12.4. The van der Waals surface area contributed by atoms with Gasteiger partial charge >= 0.3 is 0 Å². The molecule has 0 unspecified atom stereocenters. The highest BCUT2D eigenvalue weighted by molar-refractivity contribution is 7.91. The Morgan fingerprint density at radius 3 is 2.33 bits per heavy atom. The molecule has 0 fully saturated rings. The smallest absolute Gasteiger partial charge is 0.243 e. The molecular formula is C20H24N4O4S2. The molecule has 0 bridgehead atoms. The zero-order chi connectivity index (χ0) is 21.9. The molecule has 4 N–H and O–H groups in total. The average molecular weight is 449 g/mol. The van der Waals surface area contributed by atoms with Crippen LogP contribution in [0.5, 0.6) is 0 Å². The first kappa shape index (κ1) is 22.2. The number of nitrogens with two attached hydrogens (primary N) is 2. The molecule has 2 aromatic carbocycles. The molecule has 3 rings (SSSR count). The molecule has 0 aliphatic heterocycles. The van der Waals surface area contributed by atoms with Gasteiger partial charge in [0, 0.05) is 36.6 Å². The molecule has 10 heteroatoms. The quantitative estimate of drug-likeness (QED) is 0.533. The van der Waals surface area contributed by atoms with E-state index in [-0.39, 0.29) is 41.0 Å². The number of rotatable bonds is 8. The van der Waals surface area contributed by atoms with Crippen molar-refractivity contribution < 1.29 is 16.8 Å². The number of anilines is 1. The maximum Gasteiger partial charge on any atom is 0.243 e. The number of benzene rings is 2. The molecule has 0 aliphatic carbocycles. The lowest BCUT2D eigenvalue weighted by Crippen LogP contribution is -2.38. The van der Waals surface area contributed by atoms with Gasteiger partial charge < -0.3 is 11.5 Å². The van der Waals surface area contributed by atoms with E-state index in [4.69, 9.17) is 11.5 Å². The Bertz CT molecular complexity index is 1260. The highest BCUT2D eigenvalue weighted by Crippen LogP contribution is 2.30. The summed E-state index contributed by atoms with van der Waals surface area (Å²) in [5.74, 6) is -0.131. The van der Waals surface area contributed by atoms with E-state index in [1.165, 1.54) is 24.4 Å². The number of aromatic nitrogens is 1. The molecule has 0 spiro atoms. The molecular weight excluding hydrogens is 424 g/mol. The van der Waals surface area contributed by atoms with Gasteiger partial charge in [-0.05, 0) is 30.7 Å². The Kier molecular flexibility index (Phi) is 6.41. The highest BCUT2D eigenvalue weighted by Gasteiger charge is 2.28. The van der Waals surface area contributed by atoms with Crippen molar-refractivity contribution in [1.29, 1.82) is 0 Å². The van der Waals surface area contributed by atoms with E-state index in [1.807, 2.05) is 0 Å². The van der Waals surface area contributed by atoms with Crippen LogP contribution in [0.2, 0.25) is 0 Å². The molecule has 0 radical (unpaired) electrons. The Labute approximate surface area is 176 Å². The topological polar surface area (TPSA) is 136 Å². The Morgan fingerprint density at radius 2 is 1.67 bits per heavy atom. The summed E-state index contributed by atoms with van der Waals surface area (Å²) in [5.41, 5.74) is 12.2. The van der Waals surface area contributed by atoms with Gasteiger partial charge in [-0.2, -0.15) is 4.31 Å². The van der Waals surface area contributed by atoms with Gasteiger partial charge in [-0.1, -0.05) is 30.3 Å². The van der Waals surface area contributed by atoms with Crippen LogP contribution in [-0.2, 0) is 19.9 Å². The van der Waals surface area contributed by atoms with Crippen LogP contribution in [0.1, 0.15) is 5.56 Å². The van der Waals surface area contributed by atoms with Crippen molar-refractivity contribution in [3.05, 3.63) is 60.3 Å². The van der Waals surface area contributed by atoms with Crippen LogP contribution in [0, 0.1) is 6.92 Å². The summed E-state index contributed by atoms with van der Waals surface area (Å²) in [5, 5.41) is 0.999. The molecule has 3 aromatic rings. The molecule has 0 aliphatic rings. The van der Waals surface area contributed by atoms with Gasteiger partial charge in [-0.3, -0.25) is 0 Å². The molecule has 8 nitrogen and oxygen atoms in total. The van der Waals surface area contributed by atoms with Crippen LogP contribution < -0.4 is 11.5 Å². The van der Waals surface area contributed by atoms with Gasteiger partial charge in [0.2, 0.25) is 10.0 Å². The largest absolute Gasteiger partial charge is 0.383 e. The molecule has 0 saturated carbocycles. The van der Waals surface area contributed by atoms with Crippen molar-refractivity contribution in [1.82, 2.24) is 9.29 Å². The predicted octanol–water partition coefficient (Wildman–Crippen LogP) is 1.55. The monoisotopic (exact) mass is 448 g/mol. The van der Waals surface area contributed by atoms with E-state index in [0.717, 1.165) is 4.31 Å². The van der Waals surface area contributed by atoms with Gasteiger partial charge in [0.05, 0.1) is 15.5 Å². The van der Waals surface area contributed by atoms with E-state index in [1.54, 1.807) is 37.3 Å². The third-order valence-corrected chi connectivity index (χ3v) is 8.45. The lowest BCUT2D eigenvalue weighted by Gasteiger charge is -2.23. The zero-order valence-electron chi connectivity index (χ0n) is 16.5. The van der Waals surface area contributed by atoms with E-state index in [2.05, 4.69) is 4.98 Å². The van der Waals surface area contributed by atoms with Gasteiger partial charge in [-0.15, -0.1) is 0 Å². The summed E-state index contributed by atoms with van der Waals surface area (Å²) in [4.78, 5) is 4.28. The first-order valence-electron chi connectivity index (χ1n) is 9.30. The van der Waals surface area contributed by atoms with Crippen LogP contribution in [0.25, 0.3) is 10.8 Å². The Balaban J connectivity index is 2.00. The SMILES string of the molecule is Cc1cnc(N)c2cccc(S(=O)(=O)N(CCN)CCS(=O)(=O)c3ccccc3)c12. The second kappa shape index (κ2) is 8.68. The van der Waals surface area contributed by atoms with Crippen LogP contribution in [-0.4, -0.2) is 51.5 Å². The second-order valence-corrected chi connectivity index (χ2v) is 10.8. The molecule has 0 amide bonds. The summed E-state index contributed by atoms with van der Waals surface area (Å²) in [7, 11) is -7.68. The summed E-state index contributed by atoms with van der Waals surface area (Å²) in [6.07, 6.45) is 1.52. The fourth-order valence-corrected chi connectivity index (χ4v) is 6.39. The maximum atomic E-state index is 13.5. The highest BCUT2D eigenvalue weighted by atomic mass is 32.2. The molecule has 0 saturated heterocycles. The molecule has 0 atom stereocenters. The van der Waals surface area contributed by atoms with Crippen LogP contribution in [0.3, 0.4) is 0 Å². The summed E-state index contributed by atoms with van der Waals surface area (Å²) >= 11 is 0. The molecule has 160 valence electrons. The van der Waals surface area contributed by atoms with Crippen LogP contribution in [0.4, 0.5) is 5.82 Å². The molecule has 1 aromatic heterocycles. The summed E-state index contributed by atoms with van der Waals surface area (Å²) in [6, 6.07) is 12.7. The second-order valence-electron chi connectivity index (χ2n) is 6.83. The molecule has 30 heavy (non-hydrogen) atoms. The third-order valence-electron chi connectivity index (χ3n) is 4.80. The number of pyridine rings is 1. The Hall–Kier alpha value is -2.53. The van der Waals surface area contributed by atoms with E-state index in [9.17, 15) is 16.8 Å². The number of sulfonamides is 1. The van der Waals surface area contributed by atoms with Crippen LogP contribution >= 0.6 is 0 Å². The minimum Gasteiger partial charge on any atom is -0.383 e. The number of nitrogens with zero attached hydrogens (tertiary/aromatic N) is 2.